The number of aliphatic carboxylic acids is 1. The first-order valence-electron chi connectivity index (χ1n) is 4.93. The first kappa shape index (κ1) is 13.3. The largest absolute Gasteiger partial charge is 0.479 e. The molecule has 0 saturated heterocycles. The second-order valence-corrected chi connectivity index (χ2v) is 3.76. The molecule has 1 aromatic rings. The summed E-state index contributed by atoms with van der Waals surface area (Å²) in [6.07, 6.45) is 1.47. The second-order valence-electron chi connectivity index (χ2n) is 3.35. The highest BCUT2D eigenvalue weighted by atomic mass is 35.5. The van der Waals surface area contributed by atoms with Crippen LogP contribution in [0, 0.1) is 0 Å². The zero-order chi connectivity index (χ0) is 12.8. The maximum Gasteiger partial charge on any atom is 0.330 e. The van der Waals surface area contributed by atoms with E-state index in [1.54, 1.807) is 24.3 Å². The number of benzene rings is 1. The third-order valence-electron chi connectivity index (χ3n) is 2.10. The van der Waals surface area contributed by atoms with Crippen molar-refractivity contribution >= 4 is 23.5 Å². The number of carboxylic acids is 1. The van der Waals surface area contributed by atoms with Gasteiger partial charge in [-0.25, -0.2) is 4.79 Å². The van der Waals surface area contributed by atoms with Crippen LogP contribution in [0.25, 0.3) is 0 Å². The summed E-state index contributed by atoms with van der Waals surface area (Å²) in [5.74, 6) is -1.57. The van der Waals surface area contributed by atoms with Crippen LogP contribution >= 0.6 is 11.6 Å². The molecule has 1 aromatic carbocycles. The Morgan fingerprint density at radius 2 is 2.12 bits per heavy atom. The molecule has 1 atom stereocenters. The number of halogens is 1. The van der Waals surface area contributed by atoms with Gasteiger partial charge in [0.2, 0.25) is 5.91 Å². The van der Waals surface area contributed by atoms with E-state index in [0.717, 1.165) is 0 Å². The van der Waals surface area contributed by atoms with Crippen molar-refractivity contribution in [3.63, 3.8) is 0 Å². The third-order valence-corrected chi connectivity index (χ3v) is 2.44. The molecule has 0 aliphatic carbocycles. The van der Waals surface area contributed by atoms with Crippen LogP contribution in [-0.2, 0) is 9.59 Å². The summed E-state index contributed by atoms with van der Waals surface area (Å²) >= 11 is 5.89. The molecular formula is C12H12ClNO3. The van der Waals surface area contributed by atoms with Gasteiger partial charge in [0.05, 0.1) is 0 Å². The Labute approximate surface area is 104 Å². The predicted octanol–water partition coefficient (Wildman–Crippen LogP) is 2.16. The van der Waals surface area contributed by atoms with Gasteiger partial charge in [-0.3, -0.25) is 4.79 Å². The molecule has 0 radical (unpaired) electrons. The number of rotatable bonds is 5. The number of amides is 1. The van der Waals surface area contributed by atoms with Crippen LogP contribution in [0.2, 0.25) is 5.02 Å². The number of carboxylic acid groups (broad SMARTS) is 1. The van der Waals surface area contributed by atoms with E-state index in [0.29, 0.717) is 10.6 Å². The summed E-state index contributed by atoms with van der Waals surface area (Å²) in [5, 5.41) is 11.8. The van der Waals surface area contributed by atoms with Gasteiger partial charge in [-0.2, -0.15) is 0 Å². The summed E-state index contributed by atoms with van der Waals surface area (Å²) in [6.45, 7) is 3.41. The molecule has 0 heterocycles. The van der Waals surface area contributed by atoms with Crippen molar-refractivity contribution in [2.24, 2.45) is 0 Å². The van der Waals surface area contributed by atoms with Gasteiger partial charge < -0.3 is 10.4 Å². The number of nitrogens with one attached hydrogen (secondary N) is 1. The fraction of sp³-hybridized carbons (Fsp3) is 0.167. The van der Waals surface area contributed by atoms with E-state index in [9.17, 15) is 9.59 Å². The first-order chi connectivity index (χ1) is 8.06. The normalized spacial score (nSPS) is 11.6. The average Bonchev–Trinajstić information content (AvgIpc) is 2.27. The van der Waals surface area contributed by atoms with E-state index < -0.39 is 17.9 Å². The van der Waals surface area contributed by atoms with Gasteiger partial charge in [-0.15, -0.1) is 6.58 Å². The third kappa shape index (κ3) is 3.60. The maximum atomic E-state index is 11.4. The molecule has 0 bridgehead atoms. The molecule has 90 valence electrons. The van der Waals surface area contributed by atoms with Gasteiger partial charge in [0, 0.05) is 17.0 Å². The highest BCUT2D eigenvalue weighted by Crippen LogP contribution is 2.22. The molecule has 0 spiro atoms. The van der Waals surface area contributed by atoms with E-state index in [1.807, 2.05) is 0 Å². The van der Waals surface area contributed by atoms with Crippen molar-refractivity contribution in [1.82, 2.24) is 5.32 Å². The Hall–Kier alpha value is -1.81. The van der Waals surface area contributed by atoms with Crippen molar-refractivity contribution in [3.8, 4) is 0 Å². The Kier molecular flexibility index (Phi) is 4.72. The van der Waals surface area contributed by atoms with Gasteiger partial charge in [-0.1, -0.05) is 35.9 Å². The van der Waals surface area contributed by atoms with Crippen LogP contribution in [0.4, 0.5) is 0 Å². The lowest BCUT2D eigenvalue weighted by molar-refractivity contribution is -0.141. The molecule has 0 aliphatic rings. The fourth-order valence-corrected chi connectivity index (χ4v) is 1.58. The fourth-order valence-electron chi connectivity index (χ4n) is 1.33. The molecular weight excluding hydrogens is 242 g/mol. The molecule has 5 heteroatoms. The summed E-state index contributed by atoms with van der Waals surface area (Å²) in [7, 11) is 0. The van der Waals surface area contributed by atoms with Crippen LogP contribution in [-0.4, -0.2) is 17.0 Å². The van der Waals surface area contributed by atoms with Crippen molar-refractivity contribution < 1.29 is 14.7 Å². The van der Waals surface area contributed by atoms with Crippen LogP contribution in [0.5, 0.6) is 0 Å². The maximum absolute atomic E-state index is 11.4. The molecule has 0 aliphatic heterocycles. The van der Waals surface area contributed by atoms with Gasteiger partial charge in [0.1, 0.15) is 0 Å². The van der Waals surface area contributed by atoms with Gasteiger partial charge in [0.25, 0.3) is 0 Å². The van der Waals surface area contributed by atoms with Gasteiger partial charge in [0.15, 0.2) is 6.04 Å². The molecule has 1 amide bonds. The molecule has 1 rings (SSSR count). The van der Waals surface area contributed by atoms with Gasteiger partial charge in [-0.05, 0) is 6.07 Å². The van der Waals surface area contributed by atoms with E-state index in [-0.39, 0.29) is 6.42 Å². The topological polar surface area (TPSA) is 66.4 Å². The minimum Gasteiger partial charge on any atom is -0.479 e. The number of hydrogen-bond donors (Lipinski definition) is 2. The lowest BCUT2D eigenvalue weighted by Crippen LogP contribution is -2.33. The number of carbonyl (C=O) groups is 2. The molecule has 0 unspecified atom stereocenters. The van der Waals surface area contributed by atoms with E-state index in [1.165, 1.54) is 6.08 Å². The Balaban J connectivity index is 2.94. The SMILES string of the molecule is C=CCC(=O)N[C@@H](C(=O)O)c1ccccc1Cl. The van der Waals surface area contributed by atoms with Crippen LogP contribution < -0.4 is 5.32 Å². The smallest absolute Gasteiger partial charge is 0.330 e. The average molecular weight is 254 g/mol. The first-order valence-corrected chi connectivity index (χ1v) is 5.31. The molecule has 0 aromatic heterocycles. The van der Waals surface area contributed by atoms with Crippen molar-refractivity contribution in [3.05, 3.63) is 47.5 Å². The Morgan fingerprint density at radius 3 is 2.65 bits per heavy atom. The van der Waals surface area contributed by atoms with Crippen molar-refractivity contribution in [2.75, 3.05) is 0 Å². The molecule has 2 N–H and O–H groups in total. The zero-order valence-corrected chi connectivity index (χ0v) is 9.78. The lowest BCUT2D eigenvalue weighted by atomic mass is 10.1. The van der Waals surface area contributed by atoms with E-state index in [2.05, 4.69) is 11.9 Å². The minimum atomic E-state index is -1.16. The highest BCUT2D eigenvalue weighted by molar-refractivity contribution is 6.31. The summed E-state index contributed by atoms with van der Waals surface area (Å²) in [4.78, 5) is 22.4. The standard InChI is InChI=1S/C12H12ClNO3/c1-2-5-10(15)14-11(12(16)17)8-6-3-4-7-9(8)13/h2-4,6-7,11H,1,5H2,(H,14,15)(H,16,17)/t11-/m1/s1. The predicted molar refractivity (Wildman–Crippen MR) is 64.8 cm³/mol. The van der Waals surface area contributed by atoms with Crippen LogP contribution in [0.3, 0.4) is 0 Å². The Bertz CT molecular complexity index is 445. The monoisotopic (exact) mass is 253 g/mol. The quantitative estimate of drug-likeness (QED) is 0.791. The van der Waals surface area contributed by atoms with Crippen LogP contribution in [0.1, 0.15) is 18.0 Å². The van der Waals surface area contributed by atoms with Crippen molar-refractivity contribution in [2.45, 2.75) is 12.5 Å². The van der Waals surface area contributed by atoms with E-state index >= 15 is 0 Å². The van der Waals surface area contributed by atoms with E-state index in [4.69, 9.17) is 16.7 Å². The van der Waals surface area contributed by atoms with Crippen LogP contribution in [0.15, 0.2) is 36.9 Å². The van der Waals surface area contributed by atoms with Gasteiger partial charge >= 0.3 is 5.97 Å². The summed E-state index contributed by atoms with van der Waals surface area (Å²) in [5.41, 5.74) is 0.360. The minimum absolute atomic E-state index is 0.0637. The summed E-state index contributed by atoms with van der Waals surface area (Å²) < 4.78 is 0. The molecule has 17 heavy (non-hydrogen) atoms. The molecule has 0 fully saturated rings. The lowest BCUT2D eigenvalue weighted by Gasteiger charge is -2.15. The summed E-state index contributed by atoms with van der Waals surface area (Å²) in [6, 6.07) is 5.35. The Morgan fingerprint density at radius 1 is 1.47 bits per heavy atom. The number of carbonyl (C=O) groups excluding carboxylic acids is 1. The second kappa shape index (κ2) is 6.06. The molecule has 4 nitrogen and oxygen atoms in total. The highest BCUT2D eigenvalue weighted by Gasteiger charge is 2.23. The molecule has 0 saturated carbocycles. The zero-order valence-electron chi connectivity index (χ0n) is 9.02. The number of hydrogen-bond acceptors (Lipinski definition) is 2. The van der Waals surface area contributed by atoms with Crippen molar-refractivity contribution in [1.29, 1.82) is 0 Å².